The van der Waals surface area contributed by atoms with E-state index in [0.29, 0.717) is 52.3 Å². The maximum Gasteiger partial charge on any atom is 0.246 e. The molecule has 5 rings (SSSR count). The Hall–Kier alpha value is -3.36. The zero-order chi connectivity index (χ0) is 27.7. The summed E-state index contributed by atoms with van der Waals surface area (Å²) in [7, 11) is 3.07. The van der Waals surface area contributed by atoms with E-state index >= 15 is 0 Å². The maximum absolute atomic E-state index is 13.2. The third-order valence-corrected chi connectivity index (χ3v) is 8.26. The van der Waals surface area contributed by atoms with Gasteiger partial charge in [0.2, 0.25) is 11.8 Å². The molecule has 10 heteroatoms. The molecule has 1 aromatic heterocycles. The lowest BCUT2D eigenvalue weighted by molar-refractivity contribution is -0.140. The number of methoxy groups -OCH3 is 2. The van der Waals surface area contributed by atoms with E-state index < -0.39 is 6.04 Å². The molecule has 39 heavy (non-hydrogen) atoms. The number of likely N-dealkylation sites (tertiary alicyclic amines) is 2. The lowest BCUT2D eigenvalue weighted by Gasteiger charge is -2.26. The fourth-order valence-corrected chi connectivity index (χ4v) is 6.26. The number of amides is 2. The Balaban J connectivity index is 1.38. The first-order valence-electron chi connectivity index (χ1n) is 12.9. The minimum atomic E-state index is -0.462. The van der Waals surface area contributed by atoms with E-state index in [2.05, 4.69) is 11.6 Å². The van der Waals surface area contributed by atoms with Crippen molar-refractivity contribution in [2.45, 2.75) is 31.7 Å². The summed E-state index contributed by atoms with van der Waals surface area (Å²) in [5.74, 6) is 1.48. The average molecular weight is 569 g/mol. The number of aromatic nitrogens is 2. The molecule has 2 aromatic carbocycles. The first kappa shape index (κ1) is 27.2. The number of carbonyl (C=O) groups excluding carboxylic acids is 2. The van der Waals surface area contributed by atoms with Gasteiger partial charge in [-0.3, -0.25) is 9.59 Å². The number of nitrogens with zero attached hydrogens (tertiary/aromatic N) is 4. The Morgan fingerprint density at radius 3 is 2.44 bits per heavy atom. The summed E-state index contributed by atoms with van der Waals surface area (Å²) in [6, 6.07) is 6.92. The predicted octanol–water partition coefficient (Wildman–Crippen LogP) is 5.19. The molecule has 2 aliphatic heterocycles. The van der Waals surface area contributed by atoms with Crippen molar-refractivity contribution in [1.29, 1.82) is 0 Å². The summed E-state index contributed by atoms with van der Waals surface area (Å²) in [6.07, 6.45) is 6.22. The number of hydrogen-bond acceptors (Lipinski definition) is 6. The molecule has 3 aromatic rings. The minimum absolute atomic E-state index is 0.0312. The van der Waals surface area contributed by atoms with E-state index in [1.807, 2.05) is 23.1 Å². The second-order valence-corrected chi connectivity index (χ2v) is 10.6. The fourth-order valence-electron chi connectivity index (χ4n) is 5.54. The number of fused-ring (bicyclic) bond motifs is 1. The van der Waals surface area contributed by atoms with Crippen LogP contribution < -0.4 is 9.47 Å². The largest absolute Gasteiger partial charge is 0.495 e. The lowest BCUT2D eigenvalue weighted by atomic mass is 10.00. The molecular formula is C29H30Cl2N4O4. The molecule has 0 radical (unpaired) electrons. The van der Waals surface area contributed by atoms with Crippen LogP contribution in [0.15, 0.2) is 43.1 Å². The van der Waals surface area contributed by atoms with Crippen molar-refractivity contribution in [1.82, 2.24) is 19.8 Å². The summed E-state index contributed by atoms with van der Waals surface area (Å²) >= 11 is 13.2. The second kappa shape index (κ2) is 11.4. The van der Waals surface area contributed by atoms with Crippen molar-refractivity contribution in [3.8, 4) is 22.6 Å². The third-order valence-electron chi connectivity index (χ3n) is 7.51. The van der Waals surface area contributed by atoms with Crippen LogP contribution >= 0.6 is 23.2 Å². The highest BCUT2D eigenvalue weighted by atomic mass is 35.5. The van der Waals surface area contributed by atoms with Gasteiger partial charge in [0, 0.05) is 49.3 Å². The number of halogens is 2. The van der Waals surface area contributed by atoms with Crippen molar-refractivity contribution in [2.75, 3.05) is 33.9 Å². The second-order valence-electron chi connectivity index (χ2n) is 9.89. The Bertz CT molecular complexity index is 1410. The van der Waals surface area contributed by atoms with Crippen LogP contribution in [0.25, 0.3) is 22.0 Å². The van der Waals surface area contributed by atoms with Crippen LogP contribution in [0, 0.1) is 5.92 Å². The van der Waals surface area contributed by atoms with Gasteiger partial charge in [0.25, 0.3) is 0 Å². The van der Waals surface area contributed by atoms with Crippen molar-refractivity contribution in [3.63, 3.8) is 0 Å². The number of benzene rings is 2. The highest BCUT2D eigenvalue weighted by Gasteiger charge is 2.41. The van der Waals surface area contributed by atoms with Gasteiger partial charge in [-0.15, -0.1) is 0 Å². The number of hydrogen-bond donors (Lipinski definition) is 0. The SMILES string of the molecule is C=CC(=O)N1C[C@@H](Cc2ncc3cc(-c4c(Cl)c(OC)cc(OC)c4Cl)ccc3n2)C[C@H]1C(=O)N1CCCC1. The molecule has 3 heterocycles. The van der Waals surface area contributed by atoms with E-state index in [9.17, 15) is 9.59 Å². The topological polar surface area (TPSA) is 84.9 Å². The Morgan fingerprint density at radius 2 is 1.79 bits per heavy atom. The molecule has 0 N–H and O–H groups in total. The van der Waals surface area contributed by atoms with Crippen LogP contribution in [-0.4, -0.2) is 71.5 Å². The monoisotopic (exact) mass is 568 g/mol. The normalized spacial score (nSPS) is 19.0. The summed E-state index contributed by atoms with van der Waals surface area (Å²) in [6.45, 7) is 5.61. The van der Waals surface area contributed by atoms with E-state index in [4.69, 9.17) is 37.7 Å². The van der Waals surface area contributed by atoms with Crippen LogP contribution in [0.3, 0.4) is 0 Å². The van der Waals surface area contributed by atoms with Gasteiger partial charge in [-0.1, -0.05) is 35.8 Å². The van der Waals surface area contributed by atoms with Gasteiger partial charge in [0.1, 0.15) is 23.4 Å². The molecule has 2 fully saturated rings. The van der Waals surface area contributed by atoms with Crippen LogP contribution in [0.2, 0.25) is 10.0 Å². The maximum atomic E-state index is 13.2. The van der Waals surface area contributed by atoms with E-state index in [1.165, 1.54) is 20.3 Å². The molecule has 0 bridgehead atoms. The molecule has 204 valence electrons. The van der Waals surface area contributed by atoms with Gasteiger partial charge in [0.15, 0.2) is 0 Å². The van der Waals surface area contributed by atoms with Gasteiger partial charge in [-0.05, 0) is 49.0 Å². The molecule has 0 saturated carbocycles. The molecule has 0 unspecified atom stereocenters. The van der Waals surface area contributed by atoms with Gasteiger partial charge >= 0.3 is 0 Å². The molecule has 2 saturated heterocycles. The average Bonchev–Trinajstić information content (AvgIpc) is 3.63. The quantitative estimate of drug-likeness (QED) is 0.365. The smallest absolute Gasteiger partial charge is 0.246 e. The zero-order valence-corrected chi connectivity index (χ0v) is 23.5. The van der Waals surface area contributed by atoms with Crippen LogP contribution in [0.4, 0.5) is 0 Å². The van der Waals surface area contributed by atoms with Gasteiger partial charge in [-0.2, -0.15) is 0 Å². The standard InChI is InChI=1S/C29H30Cl2N4O4/c1-4-25(36)35-16-17(11-21(35)29(37)34-9-5-6-10-34)12-24-32-15-19-13-18(7-8-20(19)33-24)26-27(30)22(38-2)14-23(39-3)28(26)31/h4,7-8,13-15,17,21H,1,5-6,9-12,16H2,2-3H3/t17-,21+/m1/s1. The molecule has 8 nitrogen and oxygen atoms in total. The summed E-state index contributed by atoms with van der Waals surface area (Å²) in [4.78, 5) is 38.6. The number of carbonyl (C=O) groups is 2. The third kappa shape index (κ3) is 5.28. The summed E-state index contributed by atoms with van der Waals surface area (Å²) < 4.78 is 10.8. The van der Waals surface area contributed by atoms with Crippen LogP contribution in [0.1, 0.15) is 25.1 Å². The molecule has 2 amide bonds. The molecule has 2 atom stereocenters. The van der Waals surface area contributed by atoms with Crippen LogP contribution in [-0.2, 0) is 16.0 Å². The Morgan fingerprint density at radius 1 is 1.10 bits per heavy atom. The number of rotatable bonds is 7. The van der Waals surface area contributed by atoms with Crippen molar-refractivity contribution in [2.24, 2.45) is 5.92 Å². The van der Waals surface area contributed by atoms with Gasteiger partial charge in [-0.25, -0.2) is 9.97 Å². The molecule has 2 aliphatic rings. The van der Waals surface area contributed by atoms with Crippen LogP contribution in [0.5, 0.6) is 11.5 Å². The minimum Gasteiger partial charge on any atom is -0.495 e. The Labute approximate surface area is 237 Å². The highest BCUT2D eigenvalue weighted by Crippen LogP contribution is 2.46. The van der Waals surface area contributed by atoms with E-state index in [-0.39, 0.29) is 17.7 Å². The van der Waals surface area contributed by atoms with Gasteiger partial charge < -0.3 is 19.3 Å². The van der Waals surface area contributed by atoms with Crippen molar-refractivity contribution < 1.29 is 19.1 Å². The van der Waals surface area contributed by atoms with Crippen molar-refractivity contribution in [3.05, 3.63) is 59.0 Å². The lowest BCUT2D eigenvalue weighted by Crippen LogP contribution is -2.46. The predicted molar refractivity (Wildman–Crippen MR) is 151 cm³/mol. The molecule has 0 spiro atoms. The van der Waals surface area contributed by atoms with Crippen molar-refractivity contribution >= 4 is 45.9 Å². The zero-order valence-electron chi connectivity index (χ0n) is 22.0. The number of ether oxygens (including phenoxy) is 2. The summed E-state index contributed by atoms with van der Waals surface area (Å²) in [5.41, 5.74) is 2.16. The first-order chi connectivity index (χ1) is 18.8. The molecular weight excluding hydrogens is 539 g/mol. The molecule has 0 aliphatic carbocycles. The van der Waals surface area contributed by atoms with Gasteiger partial charge in [0.05, 0.1) is 29.8 Å². The fraction of sp³-hybridized carbons (Fsp3) is 0.379. The van der Waals surface area contributed by atoms with E-state index in [1.54, 1.807) is 17.2 Å². The highest BCUT2D eigenvalue weighted by molar-refractivity contribution is 6.41. The van der Waals surface area contributed by atoms with E-state index in [0.717, 1.165) is 42.4 Å². The Kier molecular flexibility index (Phi) is 7.96. The first-order valence-corrected chi connectivity index (χ1v) is 13.7. The summed E-state index contributed by atoms with van der Waals surface area (Å²) in [5, 5.41) is 1.60.